The average molecular weight is 272 g/mol. The van der Waals surface area contributed by atoms with Crippen molar-refractivity contribution in [3.8, 4) is 0 Å². The van der Waals surface area contributed by atoms with Crippen LogP contribution < -0.4 is 5.73 Å². The van der Waals surface area contributed by atoms with E-state index < -0.39 is 0 Å². The molecule has 1 aromatic carbocycles. The number of hydrogen-bond donors (Lipinski definition) is 1. The molecule has 0 aliphatic rings. The first-order valence-electron chi connectivity index (χ1n) is 6.53. The maximum absolute atomic E-state index is 14.2. The van der Waals surface area contributed by atoms with E-state index in [9.17, 15) is 4.39 Å². The van der Waals surface area contributed by atoms with Gasteiger partial charge in [-0.2, -0.15) is 0 Å². The highest BCUT2D eigenvalue weighted by Crippen LogP contribution is 2.35. The number of hydrogen-bond acceptors (Lipinski definition) is 1. The summed E-state index contributed by atoms with van der Waals surface area (Å²) in [7, 11) is 0. The fourth-order valence-electron chi connectivity index (χ4n) is 1.99. The Bertz CT molecular complexity index is 415. The van der Waals surface area contributed by atoms with Crippen molar-refractivity contribution >= 4 is 11.6 Å². The van der Waals surface area contributed by atoms with Gasteiger partial charge in [0.2, 0.25) is 0 Å². The fourth-order valence-corrected chi connectivity index (χ4v) is 2.22. The number of rotatable bonds is 5. The third-order valence-corrected chi connectivity index (χ3v) is 4.11. The van der Waals surface area contributed by atoms with Crippen molar-refractivity contribution in [2.75, 3.05) is 6.54 Å². The van der Waals surface area contributed by atoms with Gasteiger partial charge in [0.15, 0.2) is 0 Å². The monoisotopic (exact) mass is 271 g/mol. The Hall–Kier alpha value is -0.600. The van der Waals surface area contributed by atoms with Crippen LogP contribution in [0.1, 0.15) is 57.6 Å². The summed E-state index contributed by atoms with van der Waals surface area (Å²) in [5, 5.41) is 0.216. The maximum atomic E-state index is 14.2. The Labute approximate surface area is 115 Å². The average Bonchev–Trinajstić information content (AvgIpc) is 2.32. The maximum Gasteiger partial charge on any atom is 0.145 e. The Morgan fingerprint density at radius 1 is 1.39 bits per heavy atom. The summed E-state index contributed by atoms with van der Waals surface area (Å²) in [6, 6.07) is 3.68. The minimum atomic E-state index is -0.285. The van der Waals surface area contributed by atoms with Gasteiger partial charge < -0.3 is 5.73 Å². The van der Waals surface area contributed by atoms with Crippen LogP contribution in [-0.2, 0) is 5.41 Å². The molecule has 1 nitrogen and oxygen atoms in total. The smallest absolute Gasteiger partial charge is 0.145 e. The molecule has 2 N–H and O–H groups in total. The first kappa shape index (κ1) is 15.5. The van der Waals surface area contributed by atoms with E-state index in [0.29, 0.717) is 18.0 Å². The molecule has 1 aromatic rings. The van der Waals surface area contributed by atoms with Crippen LogP contribution >= 0.6 is 11.6 Å². The fraction of sp³-hybridized carbons (Fsp3) is 0.600. The van der Waals surface area contributed by atoms with Crippen molar-refractivity contribution in [1.29, 1.82) is 0 Å². The summed E-state index contributed by atoms with van der Waals surface area (Å²) in [6.07, 6.45) is 1.75. The molecule has 1 atom stereocenters. The van der Waals surface area contributed by atoms with Gasteiger partial charge in [0, 0.05) is 0 Å². The molecule has 3 heteroatoms. The van der Waals surface area contributed by atoms with Gasteiger partial charge in [-0.25, -0.2) is 4.39 Å². The molecule has 0 heterocycles. The van der Waals surface area contributed by atoms with E-state index in [2.05, 4.69) is 13.8 Å². The topological polar surface area (TPSA) is 26.0 Å². The van der Waals surface area contributed by atoms with Crippen molar-refractivity contribution in [3.05, 3.63) is 34.1 Å². The molecule has 0 bridgehead atoms. The quantitative estimate of drug-likeness (QED) is 0.831. The van der Waals surface area contributed by atoms with E-state index >= 15 is 0 Å². The van der Waals surface area contributed by atoms with Gasteiger partial charge in [0.1, 0.15) is 5.82 Å². The lowest BCUT2D eigenvalue weighted by molar-refractivity contribution is 0.467. The van der Waals surface area contributed by atoms with Crippen molar-refractivity contribution in [3.63, 3.8) is 0 Å². The lowest BCUT2D eigenvalue weighted by Crippen LogP contribution is -2.18. The second-order valence-corrected chi connectivity index (χ2v) is 5.99. The molecule has 0 aliphatic heterocycles. The molecular weight excluding hydrogens is 249 g/mol. The molecule has 0 spiro atoms. The van der Waals surface area contributed by atoms with E-state index in [1.165, 1.54) is 0 Å². The number of benzene rings is 1. The van der Waals surface area contributed by atoms with Crippen LogP contribution in [0.4, 0.5) is 4.39 Å². The zero-order chi connectivity index (χ0) is 13.9. The molecule has 0 saturated carbocycles. The highest BCUT2D eigenvalue weighted by molar-refractivity contribution is 6.30. The van der Waals surface area contributed by atoms with Crippen LogP contribution in [-0.4, -0.2) is 6.54 Å². The highest BCUT2D eigenvalue weighted by atomic mass is 35.5. The Morgan fingerprint density at radius 3 is 2.50 bits per heavy atom. The summed E-state index contributed by atoms with van der Waals surface area (Å²) in [5.74, 6) is 0.0201. The van der Waals surface area contributed by atoms with Gasteiger partial charge in [-0.1, -0.05) is 45.4 Å². The van der Waals surface area contributed by atoms with Gasteiger partial charge in [0.05, 0.1) is 5.02 Å². The molecule has 18 heavy (non-hydrogen) atoms. The van der Waals surface area contributed by atoms with Crippen LogP contribution in [0, 0.1) is 5.82 Å². The molecule has 1 rings (SSSR count). The first-order valence-corrected chi connectivity index (χ1v) is 6.90. The summed E-state index contributed by atoms with van der Waals surface area (Å²) in [5.41, 5.74) is 7.15. The van der Waals surface area contributed by atoms with Crippen LogP contribution in [0.3, 0.4) is 0 Å². The molecule has 0 saturated heterocycles. The highest BCUT2D eigenvalue weighted by Gasteiger charge is 2.25. The van der Waals surface area contributed by atoms with E-state index in [1.807, 2.05) is 19.9 Å². The van der Waals surface area contributed by atoms with Gasteiger partial charge in [-0.15, -0.1) is 0 Å². The standard InChI is InChI=1S/C15H23ClFN/c1-5-15(3,4)12-8-11(10(2)6-7-18)9-13(16)14(12)17/h8-10H,5-7,18H2,1-4H3. The molecule has 0 fully saturated rings. The predicted molar refractivity (Wildman–Crippen MR) is 76.8 cm³/mol. The van der Waals surface area contributed by atoms with E-state index in [0.717, 1.165) is 18.4 Å². The van der Waals surface area contributed by atoms with Crippen molar-refractivity contribution in [2.45, 2.75) is 51.9 Å². The van der Waals surface area contributed by atoms with Gasteiger partial charge in [0.25, 0.3) is 0 Å². The van der Waals surface area contributed by atoms with Crippen LogP contribution in [0.2, 0.25) is 5.02 Å². The minimum Gasteiger partial charge on any atom is -0.330 e. The van der Waals surface area contributed by atoms with Crippen molar-refractivity contribution in [1.82, 2.24) is 0 Å². The van der Waals surface area contributed by atoms with Crippen LogP contribution in [0.15, 0.2) is 12.1 Å². The van der Waals surface area contributed by atoms with Crippen LogP contribution in [0.5, 0.6) is 0 Å². The lowest BCUT2D eigenvalue weighted by atomic mass is 9.80. The molecule has 102 valence electrons. The molecule has 0 aromatic heterocycles. The molecular formula is C15H23ClFN. The van der Waals surface area contributed by atoms with E-state index in [-0.39, 0.29) is 16.3 Å². The Morgan fingerprint density at radius 2 is 2.00 bits per heavy atom. The Kier molecular flexibility index (Phi) is 5.18. The summed E-state index contributed by atoms with van der Waals surface area (Å²) >= 11 is 6.02. The van der Waals surface area contributed by atoms with Gasteiger partial charge in [-0.3, -0.25) is 0 Å². The van der Waals surface area contributed by atoms with Crippen molar-refractivity contribution < 1.29 is 4.39 Å². The normalized spacial score (nSPS) is 13.7. The molecule has 1 unspecified atom stereocenters. The predicted octanol–water partition coefficient (Wildman–Crippen LogP) is 4.62. The first-order chi connectivity index (χ1) is 8.33. The summed E-state index contributed by atoms with van der Waals surface area (Å²) < 4.78 is 14.2. The SMILES string of the molecule is CCC(C)(C)c1cc(C(C)CCN)cc(Cl)c1F. The number of nitrogens with two attached hydrogens (primary N) is 1. The number of halogens is 2. The minimum absolute atomic E-state index is 0.202. The third kappa shape index (κ3) is 3.24. The zero-order valence-corrected chi connectivity index (χ0v) is 12.4. The summed E-state index contributed by atoms with van der Waals surface area (Å²) in [4.78, 5) is 0. The molecule has 0 radical (unpaired) electrons. The molecule has 0 aliphatic carbocycles. The second kappa shape index (κ2) is 6.03. The van der Waals surface area contributed by atoms with Gasteiger partial charge in [-0.05, 0) is 47.9 Å². The molecule has 0 amide bonds. The Balaban J connectivity index is 3.27. The zero-order valence-electron chi connectivity index (χ0n) is 11.7. The van der Waals surface area contributed by atoms with E-state index in [4.69, 9.17) is 17.3 Å². The van der Waals surface area contributed by atoms with Gasteiger partial charge >= 0.3 is 0 Å². The second-order valence-electron chi connectivity index (χ2n) is 5.58. The van der Waals surface area contributed by atoms with E-state index in [1.54, 1.807) is 6.07 Å². The summed E-state index contributed by atoms with van der Waals surface area (Å²) in [6.45, 7) is 8.86. The van der Waals surface area contributed by atoms with Crippen LogP contribution in [0.25, 0.3) is 0 Å². The van der Waals surface area contributed by atoms with Crippen molar-refractivity contribution in [2.24, 2.45) is 5.73 Å². The lowest BCUT2D eigenvalue weighted by Gasteiger charge is -2.26. The largest absolute Gasteiger partial charge is 0.330 e. The third-order valence-electron chi connectivity index (χ3n) is 3.83.